The molecule has 38 heavy (non-hydrogen) atoms. The summed E-state index contributed by atoms with van der Waals surface area (Å²) in [5, 5.41) is 8.74. The molecule has 0 saturated carbocycles. The molecule has 2 aromatic heterocycles. The number of nitrogens with zero attached hydrogens (tertiary/aromatic N) is 4. The molecule has 3 heterocycles. The minimum atomic E-state index is 0.129. The predicted molar refractivity (Wildman–Crippen MR) is 159 cm³/mol. The maximum absolute atomic E-state index is 9.85. The Labute approximate surface area is 238 Å². The van der Waals surface area contributed by atoms with Crippen molar-refractivity contribution in [1.29, 1.82) is 0 Å². The standard InChI is InChI=1S/C19H21BrClN5.C8H8O2.C2H6/c1-25-8-6-13(7-9-25)11-22-18-10-17(14-4-2-3-5-16(14)21)24-19-15(20)12-23-26(18)19;9-6-7-10-8-4-2-1-3-5-8;1-2/h2-5,10,12-13,22H,6-9,11H2,1H3;1-6H,7H2;1-2H3. The van der Waals surface area contributed by atoms with E-state index < -0.39 is 0 Å². The molecule has 0 radical (unpaired) electrons. The summed E-state index contributed by atoms with van der Waals surface area (Å²) >= 11 is 9.94. The van der Waals surface area contributed by atoms with Crippen molar-refractivity contribution in [2.24, 2.45) is 5.92 Å². The van der Waals surface area contributed by atoms with E-state index in [2.05, 4.69) is 38.3 Å². The molecular formula is C29H35BrClN5O2. The molecule has 1 saturated heterocycles. The molecule has 0 spiro atoms. The van der Waals surface area contributed by atoms with Gasteiger partial charge in [0.25, 0.3) is 0 Å². The zero-order valence-corrected chi connectivity index (χ0v) is 24.5. The number of fused-ring (bicyclic) bond motifs is 1. The molecule has 1 fully saturated rings. The second kappa shape index (κ2) is 15.5. The number of aromatic nitrogens is 3. The van der Waals surface area contributed by atoms with E-state index in [9.17, 15) is 4.79 Å². The molecule has 1 aliphatic rings. The average Bonchev–Trinajstić information content (AvgIpc) is 3.34. The number of ether oxygens (including phenoxy) is 1. The van der Waals surface area contributed by atoms with Crippen LogP contribution in [-0.4, -0.2) is 59.1 Å². The molecule has 9 heteroatoms. The number of rotatable bonds is 7. The van der Waals surface area contributed by atoms with Gasteiger partial charge in [-0.15, -0.1) is 0 Å². The number of anilines is 1. The molecule has 0 bridgehead atoms. The van der Waals surface area contributed by atoms with Gasteiger partial charge in [0.15, 0.2) is 11.9 Å². The normalized spacial score (nSPS) is 13.6. The number of aldehydes is 1. The smallest absolute Gasteiger partial charge is 0.172 e. The highest BCUT2D eigenvalue weighted by Gasteiger charge is 2.18. The lowest BCUT2D eigenvalue weighted by atomic mass is 9.97. The molecule has 5 rings (SSSR count). The third-order valence-corrected chi connectivity index (χ3v) is 6.94. The first-order valence-electron chi connectivity index (χ1n) is 12.9. The Bertz CT molecular complexity index is 1280. The summed E-state index contributed by atoms with van der Waals surface area (Å²) in [6.45, 7) is 7.39. The fraction of sp³-hybridized carbons (Fsp3) is 0.345. The first-order valence-corrected chi connectivity index (χ1v) is 14.1. The molecule has 1 aliphatic heterocycles. The van der Waals surface area contributed by atoms with Crippen LogP contribution in [0.5, 0.6) is 5.75 Å². The second-order valence-corrected chi connectivity index (χ2v) is 9.91. The third-order valence-electron chi connectivity index (χ3n) is 6.05. The number of hydrogen-bond acceptors (Lipinski definition) is 6. The van der Waals surface area contributed by atoms with E-state index in [-0.39, 0.29) is 6.61 Å². The zero-order chi connectivity index (χ0) is 27.3. The minimum absolute atomic E-state index is 0.129. The molecule has 202 valence electrons. The predicted octanol–water partition coefficient (Wildman–Crippen LogP) is 6.86. The number of carbonyl (C=O) groups is 1. The van der Waals surface area contributed by atoms with Crippen LogP contribution in [0.1, 0.15) is 26.7 Å². The number of likely N-dealkylation sites (tertiary alicyclic amines) is 1. The van der Waals surface area contributed by atoms with Crippen LogP contribution >= 0.6 is 27.5 Å². The lowest BCUT2D eigenvalue weighted by Gasteiger charge is -2.29. The largest absolute Gasteiger partial charge is 0.486 e. The van der Waals surface area contributed by atoms with E-state index in [1.54, 1.807) is 6.20 Å². The van der Waals surface area contributed by atoms with Crippen molar-refractivity contribution in [3.8, 4) is 17.0 Å². The Hall–Kier alpha value is -2.94. The molecule has 0 atom stereocenters. The monoisotopic (exact) mass is 599 g/mol. The first kappa shape index (κ1) is 29.6. The number of halogens is 2. The van der Waals surface area contributed by atoms with Crippen molar-refractivity contribution < 1.29 is 9.53 Å². The molecule has 1 N–H and O–H groups in total. The van der Waals surface area contributed by atoms with E-state index in [1.165, 1.54) is 12.8 Å². The Morgan fingerprint density at radius 1 is 1.11 bits per heavy atom. The van der Waals surface area contributed by atoms with Crippen LogP contribution in [-0.2, 0) is 4.79 Å². The number of hydrogen-bond donors (Lipinski definition) is 1. The molecule has 0 aliphatic carbocycles. The molecule has 0 amide bonds. The van der Waals surface area contributed by atoms with Gasteiger partial charge < -0.3 is 15.0 Å². The quantitative estimate of drug-likeness (QED) is 0.234. The Kier molecular flexibility index (Phi) is 12.1. The summed E-state index contributed by atoms with van der Waals surface area (Å²) in [5.74, 6) is 2.35. The van der Waals surface area contributed by atoms with Crippen LogP contribution in [0.3, 0.4) is 0 Å². The van der Waals surface area contributed by atoms with Crippen molar-refractivity contribution in [2.45, 2.75) is 26.7 Å². The van der Waals surface area contributed by atoms with Gasteiger partial charge in [-0.1, -0.05) is 61.8 Å². The minimum Gasteiger partial charge on any atom is -0.486 e. The fourth-order valence-electron chi connectivity index (χ4n) is 4.03. The number of para-hydroxylation sites is 1. The summed E-state index contributed by atoms with van der Waals surface area (Å²) in [6.07, 6.45) is 4.95. The van der Waals surface area contributed by atoms with Crippen LogP contribution in [0.15, 0.2) is 71.3 Å². The molecule has 4 aromatic rings. The fourth-order valence-corrected chi connectivity index (χ4v) is 4.61. The third kappa shape index (κ3) is 8.28. The van der Waals surface area contributed by atoms with E-state index in [0.29, 0.717) is 10.9 Å². The topological polar surface area (TPSA) is 71.8 Å². The second-order valence-electron chi connectivity index (χ2n) is 8.65. The van der Waals surface area contributed by atoms with Crippen LogP contribution in [0.25, 0.3) is 16.9 Å². The van der Waals surface area contributed by atoms with Crippen LogP contribution in [0.2, 0.25) is 5.02 Å². The van der Waals surface area contributed by atoms with Gasteiger partial charge in [0.05, 0.1) is 16.4 Å². The van der Waals surface area contributed by atoms with Crippen molar-refractivity contribution in [2.75, 3.05) is 38.6 Å². The van der Waals surface area contributed by atoms with Gasteiger partial charge in [-0.2, -0.15) is 9.61 Å². The lowest BCUT2D eigenvalue weighted by molar-refractivity contribution is -0.109. The van der Waals surface area contributed by atoms with Gasteiger partial charge >= 0.3 is 0 Å². The summed E-state index contributed by atoms with van der Waals surface area (Å²) in [4.78, 5) is 17.0. The van der Waals surface area contributed by atoms with Gasteiger partial charge in [-0.3, -0.25) is 4.79 Å². The van der Waals surface area contributed by atoms with Crippen LogP contribution < -0.4 is 10.1 Å². The number of nitrogens with one attached hydrogen (secondary N) is 1. The average molecular weight is 601 g/mol. The van der Waals surface area contributed by atoms with E-state index in [0.717, 1.165) is 58.9 Å². The van der Waals surface area contributed by atoms with E-state index in [1.807, 2.05) is 79.0 Å². The summed E-state index contributed by atoms with van der Waals surface area (Å²) < 4.78 is 7.70. The van der Waals surface area contributed by atoms with Crippen molar-refractivity contribution in [1.82, 2.24) is 19.5 Å². The number of carbonyl (C=O) groups excluding carboxylic acids is 1. The molecule has 7 nitrogen and oxygen atoms in total. The molecule has 2 aromatic carbocycles. The molecular weight excluding hydrogens is 566 g/mol. The molecule has 0 unspecified atom stereocenters. The van der Waals surface area contributed by atoms with Gasteiger partial charge in [-0.05, 0) is 73.0 Å². The van der Waals surface area contributed by atoms with Gasteiger partial charge in [0.2, 0.25) is 0 Å². The van der Waals surface area contributed by atoms with Gasteiger partial charge in [0, 0.05) is 23.2 Å². The zero-order valence-electron chi connectivity index (χ0n) is 22.1. The summed E-state index contributed by atoms with van der Waals surface area (Å²) in [6, 6.07) is 19.1. The summed E-state index contributed by atoms with van der Waals surface area (Å²) in [7, 11) is 2.19. The van der Waals surface area contributed by atoms with Crippen molar-refractivity contribution in [3.05, 3.63) is 76.4 Å². The Balaban J connectivity index is 0.000000280. The van der Waals surface area contributed by atoms with E-state index >= 15 is 0 Å². The maximum Gasteiger partial charge on any atom is 0.172 e. The Morgan fingerprint density at radius 2 is 1.79 bits per heavy atom. The first-order chi connectivity index (χ1) is 18.5. The highest BCUT2D eigenvalue weighted by molar-refractivity contribution is 9.10. The van der Waals surface area contributed by atoms with Crippen LogP contribution in [0, 0.1) is 5.92 Å². The summed E-state index contributed by atoms with van der Waals surface area (Å²) in [5.41, 5.74) is 2.55. The van der Waals surface area contributed by atoms with Gasteiger partial charge in [-0.25, -0.2) is 4.98 Å². The highest BCUT2D eigenvalue weighted by Crippen LogP contribution is 2.30. The van der Waals surface area contributed by atoms with Gasteiger partial charge in [0.1, 0.15) is 18.2 Å². The van der Waals surface area contributed by atoms with Crippen molar-refractivity contribution >= 4 is 45.3 Å². The van der Waals surface area contributed by atoms with Crippen LogP contribution in [0.4, 0.5) is 5.82 Å². The number of benzene rings is 2. The highest BCUT2D eigenvalue weighted by atomic mass is 79.9. The lowest BCUT2D eigenvalue weighted by Crippen LogP contribution is -2.33. The van der Waals surface area contributed by atoms with E-state index in [4.69, 9.17) is 21.3 Å². The Morgan fingerprint density at radius 3 is 2.47 bits per heavy atom. The number of piperidine rings is 1. The SMILES string of the molecule is CC.CN1CCC(CNc2cc(-c3ccccc3Cl)nc3c(Br)cnn23)CC1.O=CCOc1ccccc1. The van der Waals surface area contributed by atoms with Crippen molar-refractivity contribution in [3.63, 3.8) is 0 Å². The maximum atomic E-state index is 9.85.